The van der Waals surface area contributed by atoms with Crippen LogP contribution in [0.2, 0.25) is 10.3 Å². The first-order chi connectivity index (χ1) is 15.4. The van der Waals surface area contributed by atoms with E-state index >= 15 is 0 Å². The maximum absolute atomic E-state index is 12.0. The number of aliphatic imine (C=N–C) groups is 1. The molecular weight excluding hydrogens is 475 g/mol. The Morgan fingerprint density at radius 1 is 1.16 bits per heavy atom. The lowest BCUT2D eigenvalue weighted by Crippen LogP contribution is -2.29. The van der Waals surface area contributed by atoms with Gasteiger partial charge in [0.05, 0.1) is 12.4 Å². The summed E-state index contributed by atoms with van der Waals surface area (Å²) in [7, 11) is -3.42. The fourth-order valence-corrected chi connectivity index (χ4v) is 4.80. The molecule has 1 aromatic heterocycles. The van der Waals surface area contributed by atoms with Gasteiger partial charge in [-0.3, -0.25) is 15.1 Å². The zero-order chi connectivity index (χ0) is 23.2. The molecule has 1 saturated carbocycles. The number of nitriles is 1. The van der Waals surface area contributed by atoms with Crippen LogP contribution in [0.1, 0.15) is 57.8 Å². The number of anilines is 1. The quantitative estimate of drug-likeness (QED) is 0.0738. The lowest BCUT2D eigenvalue weighted by Gasteiger charge is -2.20. The monoisotopic (exact) mass is 504 g/mol. The highest BCUT2D eigenvalue weighted by atomic mass is 35.5. The van der Waals surface area contributed by atoms with Gasteiger partial charge in [0.15, 0.2) is 6.19 Å². The summed E-state index contributed by atoms with van der Waals surface area (Å²) >= 11 is 11.7. The first-order valence-electron chi connectivity index (χ1n) is 10.8. The van der Waals surface area contributed by atoms with Crippen molar-refractivity contribution < 1.29 is 13.3 Å². The number of nitrogens with one attached hydrogen (secondary N) is 3. The fourth-order valence-electron chi connectivity index (χ4n) is 3.42. The van der Waals surface area contributed by atoms with E-state index in [0.717, 1.165) is 32.1 Å². The van der Waals surface area contributed by atoms with Crippen LogP contribution in [0.25, 0.3) is 0 Å². The Kier molecular flexibility index (Phi) is 12.1. The molecule has 0 unspecified atom stereocenters. The Bertz CT molecular complexity index is 866. The molecule has 1 aromatic rings. The van der Waals surface area contributed by atoms with Crippen molar-refractivity contribution in [3.8, 4) is 6.19 Å². The molecule has 9 nitrogen and oxygen atoms in total. The van der Waals surface area contributed by atoms with Gasteiger partial charge in [-0.1, -0.05) is 60.2 Å². The number of hydrogen-bond donors (Lipinski definition) is 3. The van der Waals surface area contributed by atoms with Crippen molar-refractivity contribution in [2.75, 3.05) is 24.2 Å². The van der Waals surface area contributed by atoms with E-state index in [1.807, 2.05) is 6.19 Å². The molecule has 0 bridgehead atoms. The Morgan fingerprint density at radius 2 is 1.84 bits per heavy atom. The highest BCUT2D eigenvalue weighted by molar-refractivity contribution is 7.89. The number of aromatic nitrogens is 1. The van der Waals surface area contributed by atoms with Crippen LogP contribution in [0.3, 0.4) is 0 Å². The van der Waals surface area contributed by atoms with E-state index in [1.54, 1.807) is 12.1 Å². The lowest BCUT2D eigenvalue weighted by molar-refractivity contribution is 0.0519. The largest absolute Gasteiger partial charge is 0.325 e. The van der Waals surface area contributed by atoms with E-state index in [2.05, 4.69) is 25.5 Å². The van der Waals surface area contributed by atoms with Crippen LogP contribution in [0.5, 0.6) is 0 Å². The standard InChI is InChI=1S/C20H30Cl2N6O3S/c21-18-12-17(13-19(22)27-18)26-20(25-15-23)24-10-6-1-2-7-11-32(29,30)28-31-14-16-8-4-3-5-9-16/h12-13,16,28H,1-11,14H2,(H2,24,25,26,27). The van der Waals surface area contributed by atoms with Crippen molar-refractivity contribution in [2.45, 2.75) is 57.8 Å². The van der Waals surface area contributed by atoms with Crippen molar-refractivity contribution in [2.24, 2.45) is 10.9 Å². The van der Waals surface area contributed by atoms with Crippen LogP contribution in [0.4, 0.5) is 5.69 Å². The van der Waals surface area contributed by atoms with Crippen LogP contribution in [-0.2, 0) is 14.9 Å². The molecule has 1 fully saturated rings. The van der Waals surface area contributed by atoms with Gasteiger partial charge in [-0.15, -0.1) is 0 Å². The molecule has 0 saturated heterocycles. The summed E-state index contributed by atoms with van der Waals surface area (Å²) < 4.78 is 24.0. The van der Waals surface area contributed by atoms with Gasteiger partial charge < -0.3 is 5.32 Å². The molecule has 1 aliphatic carbocycles. The molecule has 0 amide bonds. The predicted octanol–water partition coefficient (Wildman–Crippen LogP) is 4.22. The highest BCUT2D eigenvalue weighted by Gasteiger charge is 2.16. The minimum Gasteiger partial charge on any atom is -0.325 e. The summed E-state index contributed by atoms with van der Waals surface area (Å²) in [5.41, 5.74) is 0.555. The van der Waals surface area contributed by atoms with Crippen molar-refractivity contribution in [3.05, 3.63) is 22.4 Å². The van der Waals surface area contributed by atoms with Crippen molar-refractivity contribution in [1.82, 2.24) is 15.2 Å². The van der Waals surface area contributed by atoms with Gasteiger partial charge in [0.25, 0.3) is 0 Å². The van der Waals surface area contributed by atoms with Gasteiger partial charge in [-0.25, -0.2) is 13.4 Å². The predicted molar refractivity (Wildman–Crippen MR) is 127 cm³/mol. The summed E-state index contributed by atoms with van der Waals surface area (Å²) in [5.74, 6) is 0.759. The smallest absolute Gasteiger partial charge is 0.233 e. The molecule has 0 radical (unpaired) electrons. The fraction of sp³-hybridized carbons (Fsp3) is 0.650. The van der Waals surface area contributed by atoms with E-state index < -0.39 is 10.0 Å². The number of hydrogen-bond acceptors (Lipinski definition) is 6. The van der Waals surface area contributed by atoms with Crippen LogP contribution in [-0.4, -0.2) is 38.3 Å². The molecule has 0 spiro atoms. The van der Waals surface area contributed by atoms with Crippen molar-refractivity contribution in [1.29, 1.82) is 5.26 Å². The maximum atomic E-state index is 12.0. The third-order valence-corrected chi connectivity index (χ3v) is 6.61. The molecule has 0 atom stereocenters. The molecular formula is C20H30Cl2N6O3S. The van der Waals surface area contributed by atoms with Crippen LogP contribution < -0.4 is 15.5 Å². The summed E-state index contributed by atoms with van der Waals surface area (Å²) in [6, 6.07) is 3.13. The second kappa shape index (κ2) is 14.5. The normalized spacial score (nSPS) is 15.3. The number of unbranched alkanes of at least 4 members (excludes halogenated alkanes) is 3. The van der Waals surface area contributed by atoms with E-state index in [0.29, 0.717) is 31.2 Å². The Balaban J connectivity index is 1.61. The minimum atomic E-state index is -3.42. The molecule has 1 heterocycles. The lowest BCUT2D eigenvalue weighted by atomic mass is 9.90. The third-order valence-electron chi connectivity index (χ3n) is 5.02. The number of sulfonamides is 1. The molecule has 2 rings (SSSR count). The van der Waals surface area contributed by atoms with Crippen molar-refractivity contribution >= 4 is 44.9 Å². The Morgan fingerprint density at radius 3 is 2.53 bits per heavy atom. The van der Waals surface area contributed by atoms with Gasteiger partial charge in [-0.05, 0) is 43.7 Å². The first kappa shape index (κ1) is 26.6. The zero-order valence-electron chi connectivity index (χ0n) is 17.9. The topological polar surface area (TPSA) is 128 Å². The average molecular weight is 505 g/mol. The SMILES string of the molecule is N#CNC(=NCCCCCCS(=O)(=O)NOCC1CCCCC1)Nc1cc(Cl)nc(Cl)c1. The summed E-state index contributed by atoms with van der Waals surface area (Å²) in [6.07, 6.45) is 10.5. The number of halogens is 2. The average Bonchev–Trinajstić information content (AvgIpc) is 2.73. The van der Waals surface area contributed by atoms with Gasteiger partial charge in [-0.2, -0.15) is 5.26 Å². The summed E-state index contributed by atoms with van der Waals surface area (Å²) in [6.45, 7) is 0.918. The number of pyridine rings is 1. The number of nitrogens with zero attached hydrogens (tertiary/aromatic N) is 3. The van der Waals surface area contributed by atoms with E-state index in [-0.39, 0.29) is 22.0 Å². The van der Waals surface area contributed by atoms with Crippen LogP contribution >= 0.6 is 23.2 Å². The van der Waals surface area contributed by atoms with Gasteiger partial charge >= 0.3 is 0 Å². The number of rotatable bonds is 12. The molecule has 32 heavy (non-hydrogen) atoms. The molecule has 3 N–H and O–H groups in total. The highest BCUT2D eigenvalue weighted by Crippen LogP contribution is 2.23. The van der Waals surface area contributed by atoms with E-state index in [1.165, 1.54) is 19.3 Å². The summed E-state index contributed by atoms with van der Waals surface area (Å²) in [5, 5.41) is 14.7. The first-order valence-corrected chi connectivity index (χ1v) is 13.2. The second-order valence-corrected chi connectivity index (χ2v) is 10.3. The molecule has 0 aliphatic heterocycles. The molecule has 12 heteroatoms. The Labute approximate surface area is 199 Å². The molecule has 1 aliphatic rings. The van der Waals surface area contributed by atoms with E-state index in [9.17, 15) is 8.42 Å². The summed E-state index contributed by atoms with van der Waals surface area (Å²) in [4.78, 5) is 15.6. The van der Waals surface area contributed by atoms with Crippen LogP contribution in [0.15, 0.2) is 17.1 Å². The van der Waals surface area contributed by atoms with Crippen LogP contribution in [0, 0.1) is 17.4 Å². The minimum absolute atomic E-state index is 0.0350. The zero-order valence-corrected chi connectivity index (χ0v) is 20.3. The van der Waals surface area contributed by atoms with Gasteiger partial charge in [0.2, 0.25) is 16.0 Å². The van der Waals surface area contributed by atoms with E-state index in [4.69, 9.17) is 33.3 Å². The van der Waals surface area contributed by atoms with Crippen molar-refractivity contribution in [3.63, 3.8) is 0 Å². The number of guanidine groups is 1. The molecule has 178 valence electrons. The maximum Gasteiger partial charge on any atom is 0.233 e. The third kappa shape index (κ3) is 11.3. The Hall–Kier alpha value is -1.64. The molecule has 0 aromatic carbocycles. The second-order valence-electron chi connectivity index (χ2n) is 7.72. The van der Waals surface area contributed by atoms with Gasteiger partial charge in [0.1, 0.15) is 10.3 Å². The van der Waals surface area contributed by atoms with Gasteiger partial charge in [0, 0.05) is 12.2 Å².